The van der Waals surface area contributed by atoms with Crippen molar-refractivity contribution in [1.29, 1.82) is 0 Å². The van der Waals surface area contributed by atoms with E-state index >= 15 is 0 Å². The Labute approximate surface area is 101 Å². The second-order valence-electron chi connectivity index (χ2n) is 3.66. The lowest BCUT2D eigenvalue weighted by molar-refractivity contribution is -0.385. The minimum atomic E-state index is -0.738. The van der Waals surface area contributed by atoms with Crippen molar-refractivity contribution in [1.82, 2.24) is 0 Å². The molecule has 5 nitrogen and oxygen atoms in total. The van der Waals surface area contributed by atoms with E-state index in [1.54, 1.807) is 0 Å². The van der Waals surface area contributed by atoms with Gasteiger partial charge in [-0.15, -0.1) is 0 Å². The van der Waals surface area contributed by atoms with Gasteiger partial charge in [0.25, 0.3) is 0 Å². The van der Waals surface area contributed by atoms with E-state index in [2.05, 4.69) is 0 Å². The fraction of sp³-hybridized carbons (Fsp3) is 0. The number of nitro groups is 1. The van der Waals surface area contributed by atoms with Crippen LogP contribution in [-0.2, 0) is 0 Å². The van der Waals surface area contributed by atoms with Gasteiger partial charge < -0.3 is 10.2 Å². The van der Waals surface area contributed by atoms with Crippen molar-refractivity contribution in [2.45, 2.75) is 0 Å². The topological polar surface area (TPSA) is 83.6 Å². The Morgan fingerprint density at radius 1 is 1.06 bits per heavy atom. The van der Waals surface area contributed by atoms with Crippen LogP contribution in [-0.4, -0.2) is 15.1 Å². The van der Waals surface area contributed by atoms with E-state index in [1.165, 1.54) is 12.1 Å². The highest BCUT2D eigenvalue weighted by Gasteiger charge is 2.14. The van der Waals surface area contributed by atoms with Gasteiger partial charge in [-0.3, -0.25) is 10.1 Å². The Hall–Kier alpha value is -2.63. The first kappa shape index (κ1) is 11.8. The van der Waals surface area contributed by atoms with Gasteiger partial charge in [0.2, 0.25) is 0 Å². The third kappa shape index (κ3) is 2.22. The van der Waals surface area contributed by atoms with Gasteiger partial charge in [0, 0.05) is 12.1 Å². The van der Waals surface area contributed by atoms with Crippen LogP contribution in [0.5, 0.6) is 11.5 Å². The first-order valence-electron chi connectivity index (χ1n) is 4.95. The highest BCUT2D eigenvalue weighted by molar-refractivity contribution is 5.69. The molecule has 18 heavy (non-hydrogen) atoms. The van der Waals surface area contributed by atoms with E-state index in [4.69, 9.17) is 0 Å². The molecule has 0 aliphatic rings. The minimum Gasteiger partial charge on any atom is -0.508 e. The zero-order valence-electron chi connectivity index (χ0n) is 9.00. The zero-order chi connectivity index (χ0) is 13.3. The summed E-state index contributed by atoms with van der Waals surface area (Å²) in [7, 11) is 0. The van der Waals surface area contributed by atoms with Gasteiger partial charge in [-0.2, -0.15) is 0 Å². The van der Waals surface area contributed by atoms with Gasteiger partial charge in [0.15, 0.2) is 5.75 Å². The lowest BCUT2D eigenvalue weighted by Gasteiger charge is -2.04. The van der Waals surface area contributed by atoms with Crippen LogP contribution in [0.2, 0.25) is 0 Å². The quantitative estimate of drug-likeness (QED) is 0.633. The lowest BCUT2D eigenvalue weighted by atomic mass is 10.0. The van der Waals surface area contributed by atoms with Crippen LogP contribution >= 0.6 is 0 Å². The summed E-state index contributed by atoms with van der Waals surface area (Å²) in [6, 6.07) is 7.00. The van der Waals surface area contributed by atoms with Crippen molar-refractivity contribution in [3.63, 3.8) is 0 Å². The molecule has 0 amide bonds. The summed E-state index contributed by atoms with van der Waals surface area (Å²) in [6.07, 6.45) is 0. The fourth-order valence-corrected chi connectivity index (χ4v) is 1.59. The third-order valence-corrected chi connectivity index (χ3v) is 2.39. The predicted molar refractivity (Wildman–Crippen MR) is 61.8 cm³/mol. The molecule has 2 aromatic carbocycles. The molecule has 6 heteroatoms. The number of hydrogen-bond acceptors (Lipinski definition) is 4. The number of phenols is 2. The normalized spacial score (nSPS) is 10.3. The van der Waals surface area contributed by atoms with E-state index in [1.807, 2.05) is 0 Å². The van der Waals surface area contributed by atoms with Gasteiger partial charge in [-0.1, -0.05) is 6.07 Å². The number of nitrogens with zero attached hydrogens (tertiary/aromatic N) is 1. The molecule has 2 N–H and O–H groups in total. The smallest absolute Gasteiger partial charge is 0.311 e. The number of hydrogen-bond donors (Lipinski definition) is 2. The Bertz CT molecular complexity index is 607. The molecule has 0 aliphatic heterocycles. The zero-order valence-corrected chi connectivity index (χ0v) is 9.00. The van der Waals surface area contributed by atoms with Gasteiger partial charge in [-0.05, 0) is 29.3 Å². The molecule has 0 aromatic heterocycles. The SMILES string of the molecule is O=[N+]([O-])c1cc(-c2cc(O)cc(F)c2)ccc1O. The highest BCUT2D eigenvalue weighted by atomic mass is 19.1. The van der Waals surface area contributed by atoms with Crippen molar-refractivity contribution >= 4 is 5.69 Å². The summed E-state index contributed by atoms with van der Waals surface area (Å²) in [6.45, 7) is 0. The number of halogens is 1. The molecule has 0 spiro atoms. The Morgan fingerprint density at radius 2 is 1.78 bits per heavy atom. The number of aromatic hydroxyl groups is 2. The predicted octanol–water partition coefficient (Wildman–Crippen LogP) is 2.81. The number of nitro benzene ring substituents is 1. The summed E-state index contributed by atoms with van der Waals surface area (Å²) in [5.74, 6) is -1.40. The molecule has 0 unspecified atom stereocenters. The molecule has 2 aromatic rings. The van der Waals surface area contributed by atoms with Crippen molar-refractivity contribution in [2.75, 3.05) is 0 Å². The standard InChI is InChI=1S/C12H8FNO4/c13-9-3-8(4-10(15)6-9)7-1-2-12(16)11(5-7)14(17)18/h1-6,15-16H. The molecule has 0 saturated carbocycles. The second kappa shape index (κ2) is 4.33. The number of rotatable bonds is 2. The summed E-state index contributed by atoms with van der Waals surface area (Å²) in [5, 5.41) is 29.2. The van der Waals surface area contributed by atoms with Gasteiger partial charge >= 0.3 is 5.69 Å². The third-order valence-electron chi connectivity index (χ3n) is 2.39. The van der Waals surface area contributed by atoms with E-state index in [-0.39, 0.29) is 11.3 Å². The Balaban J connectivity index is 2.57. The maximum absolute atomic E-state index is 13.1. The molecule has 0 aliphatic carbocycles. The summed E-state index contributed by atoms with van der Waals surface area (Å²) in [4.78, 5) is 9.92. The lowest BCUT2D eigenvalue weighted by Crippen LogP contribution is -1.89. The maximum atomic E-state index is 13.1. The van der Waals surface area contributed by atoms with Gasteiger partial charge in [0.1, 0.15) is 11.6 Å². The van der Waals surface area contributed by atoms with Crippen LogP contribution in [0.15, 0.2) is 36.4 Å². The molecule has 92 valence electrons. The van der Waals surface area contributed by atoms with Crippen LogP contribution in [0.4, 0.5) is 10.1 Å². The second-order valence-corrected chi connectivity index (χ2v) is 3.66. The van der Waals surface area contributed by atoms with E-state index < -0.39 is 22.2 Å². The van der Waals surface area contributed by atoms with Crippen LogP contribution < -0.4 is 0 Å². The Kier molecular flexibility index (Phi) is 2.85. The monoisotopic (exact) mass is 249 g/mol. The molecule has 0 radical (unpaired) electrons. The molecular formula is C12H8FNO4. The highest BCUT2D eigenvalue weighted by Crippen LogP contribution is 2.32. The average molecular weight is 249 g/mol. The van der Waals surface area contributed by atoms with E-state index in [0.29, 0.717) is 5.56 Å². The summed E-state index contributed by atoms with van der Waals surface area (Å²) < 4.78 is 13.1. The molecule has 0 atom stereocenters. The molecular weight excluding hydrogens is 241 g/mol. The van der Waals surface area contributed by atoms with Crippen LogP contribution in [0.1, 0.15) is 0 Å². The first-order valence-corrected chi connectivity index (χ1v) is 4.95. The van der Waals surface area contributed by atoms with Gasteiger partial charge in [-0.25, -0.2) is 4.39 Å². The minimum absolute atomic E-state index is 0.277. The molecule has 0 heterocycles. The van der Waals surface area contributed by atoms with E-state index in [9.17, 15) is 24.7 Å². The van der Waals surface area contributed by atoms with Crippen molar-refractivity contribution < 1.29 is 19.5 Å². The van der Waals surface area contributed by atoms with Crippen molar-refractivity contribution in [3.8, 4) is 22.6 Å². The van der Waals surface area contributed by atoms with Crippen LogP contribution in [0.25, 0.3) is 11.1 Å². The molecule has 0 fully saturated rings. The largest absolute Gasteiger partial charge is 0.508 e. The molecule has 2 rings (SSSR count). The fourth-order valence-electron chi connectivity index (χ4n) is 1.59. The Morgan fingerprint density at radius 3 is 2.39 bits per heavy atom. The number of benzene rings is 2. The average Bonchev–Trinajstić information content (AvgIpc) is 2.27. The van der Waals surface area contributed by atoms with Crippen LogP contribution in [0, 0.1) is 15.9 Å². The first-order chi connectivity index (χ1) is 8.47. The van der Waals surface area contributed by atoms with Crippen LogP contribution in [0.3, 0.4) is 0 Å². The summed E-state index contributed by atoms with van der Waals surface area (Å²) in [5.41, 5.74) is 0.140. The maximum Gasteiger partial charge on any atom is 0.311 e. The van der Waals surface area contributed by atoms with Crippen molar-refractivity contribution in [2.24, 2.45) is 0 Å². The van der Waals surface area contributed by atoms with Crippen molar-refractivity contribution in [3.05, 3.63) is 52.3 Å². The molecule has 0 bridgehead atoms. The van der Waals surface area contributed by atoms with Gasteiger partial charge in [0.05, 0.1) is 4.92 Å². The molecule has 0 saturated heterocycles. The summed E-state index contributed by atoms with van der Waals surface area (Å²) >= 11 is 0. The van der Waals surface area contributed by atoms with E-state index in [0.717, 1.165) is 24.3 Å². The number of phenolic OH excluding ortho intramolecular Hbond substituents is 2.